The Morgan fingerprint density at radius 1 is 1.43 bits per heavy atom. The van der Waals surface area contributed by atoms with Crippen molar-refractivity contribution in [1.82, 2.24) is 10.3 Å². The molecule has 3 rings (SSSR count). The lowest BCUT2D eigenvalue weighted by Crippen LogP contribution is -2.29. The van der Waals surface area contributed by atoms with Gasteiger partial charge in [-0.15, -0.1) is 0 Å². The van der Waals surface area contributed by atoms with E-state index in [1.165, 1.54) is 12.3 Å². The second-order valence-electron chi connectivity index (χ2n) is 4.57. The number of nitrogen functional groups attached to an aromatic ring is 1. The number of nitrogens with one attached hydrogen (secondary N) is 2. The molecule has 2 heterocycles. The van der Waals surface area contributed by atoms with Crippen molar-refractivity contribution in [2.24, 2.45) is 5.84 Å². The maximum absolute atomic E-state index is 12.2. The first kappa shape index (κ1) is 13.7. The highest BCUT2D eigenvalue weighted by molar-refractivity contribution is 6.33. The summed E-state index contributed by atoms with van der Waals surface area (Å²) in [6, 6.07) is 8.94. The van der Waals surface area contributed by atoms with Gasteiger partial charge >= 0.3 is 0 Å². The number of ether oxygens (including phenoxy) is 1. The molecular formula is C14H13ClN4O2. The lowest BCUT2D eigenvalue weighted by Gasteiger charge is -2.12. The lowest BCUT2D eigenvalue weighted by atomic mass is 10.1. The standard InChI is InChI=1S/C14H13ClN4O2/c15-10-5-8(6-17-13(10)19-16)14(20)18-11-7-21-12-4-2-1-3-9(11)12/h1-6,11H,7,16H2,(H,17,19)(H,18,20). The number of aromatic nitrogens is 1. The molecule has 0 saturated carbocycles. The van der Waals surface area contributed by atoms with E-state index in [0.29, 0.717) is 18.0 Å². The minimum absolute atomic E-state index is 0.181. The Morgan fingerprint density at radius 2 is 2.24 bits per heavy atom. The molecule has 0 bridgehead atoms. The summed E-state index contributed by atoms with van der Waals surface area (Å²) < 4.78 is 5.53. The lowest BCUT2D eigenvalue weighted by molar-refractivity contribution is 0.0930. The van der Waals surface area contributed by atoms with Crippen molar-refractivity contribution in [1.29, 1.82) is 0 Å². The van der Waals surface area contributed by atoms with Gasteiger partial charge in [0.25, 0.3) is 5.91 Å². The number of fused-ring (bicyclic) bond motifs is 1. The molecule has 108 valence electrons. The SMILES string of the molecule is NNc1ncc(C(=O)NC2COc3ccccc32)cc1Cl. The van der Waals surface area contributed by atoms with Crippen LogP contribution in [0.15, 0.2) is 36.5 Å². The van der Waals surface area contributed by atoms with Gasteiger partial charge in [0.2, 0.25) is 0 Å². The van der Waals surface area contributed by atoms with Gasteiger partial charge in [0.05, 0.1) is 16.6 Å². The van der Waals surface area contributed by atoms with E-state index in [0.717, 1.165) is 11.3 Å². The van der Waals surface area contributed by atoms with Crippen molar-refractivity contribution < 1.29 is 9.53 Å². The molecule has 1 unspecified atom stereocenters. The van der Waals surface area contributed by atoms with E-state index in [1.54, 1.807) is 0 Å². The molecule has 7 heteroatoms. The number of nitrogens with two attached hydrogens (primary N) is 1. The summed E-state index contributed by atoms with van der Waals surface area (Å²) in [6.45, 7) is 0.411. The topological polar surface area (TPSA) is 89.3 Å². The van der Waals surface area contributed by atoms with Crippen LogP contribution in [0.1, 0.15) is 22.0 Å². The Hall–Kier alpha value is -2.31. The van der Waals surface area contributed by atoms with Crippen LogP contribution in [-0.4, -0.2) is 17.5 Å². The summed E-state index contributed by atoms with van der Waals surface area (Å²) in [5.41, 5.74) is 3.68. The first-order chi connectivity index (χ1) is 10.2. The molecular weight excluding hydrogens is 292 g/mol. The van der Waals surface area contributed by atoms with Gasteiger partial charge in [-0.2, -0.15) is 0 Å². The van der Waals surface area contributed by atoms with Crippen molar-refractivity contribution in [2.45, 2.75) is 6.04 Å². The molecule has 4 N–H and O–H groups in total. The molecule has 0 fully saturated rings. The van der Waals surface area contributed by atoms with E-state index in [-0.39, 0.29) is 17.0 Å². The molecule has 1 aromatic carbocycles. The van der Waals surface area contributed by atoms with Gasteiger partial charge in [-0.05, 0) is 12.1 Å². The quantitative estimate of drug-likeness (QED) is 0.595. The van der Waals surface area contributed by atoms with Crippen molar-refractivity contribution in [2.75, 3.05) is 12.0 Å². The van der Waals surface area contributed by atoms with Crippen LogP contribution < -0.4 is 21.3 Å². The molecule has 6 nitrogen and oxygen atoms in total. The van der Waals surface area contributed by atoms with E-state index < -0.39 is 0 Å². The highest BCUT2D eigenvalue weighted by atomic mass is 35.5. The summed E-state index contributed by atoms with van der Waals surface area (Å²) in [5.74, 6) is 6.10. The number of carbonyl (C=O) groups excluding carboxylic acids is 1. The van der Waals surface area contributed by atoms with E-state index in [1.807, 2.05) is 24.3 Å². The molecule has 1 aromatic heterocycles. The monoisotopic (exact) mass is 304 g/mol. The third-order valence-electron chi connectivity index (χ3n) is 3.25. The summed E-state index contributed by atoms with van der Waals surface area (Å²) >= 11 is 5.96. The molecule has 1 amide bonds. The molecule has 1 aliphatic rings. The second kappa shape index (κ2) is 5.59. The summed E-state index contributed by atoms with van der Waals surface area (Å²) in [7, 11) is 0. The van der Waals surface area contributed by atoms with Gasteiger partial charge in [0.1, 0.15) is 12.4 Å². The van der Waals surface area contributed by atoms with Crippen LogP contribution in [0.3, 0.4) is 0 Å². The normalized spacial score (nSPS) is 16.0. The third-order valence-corrected chi connectivity index (χ3v) is 3.53. The maximum atomic E-state index is 12.2. The van der Waals surface area contributed by atoms with E-state index >= 15 is 0 Å². The predicted octanol–water partition coefficient (Wildman–Crippen LogP) is 1.88. The number of rotatable bonds is 3. The van der Waals surface area contributed by atoms with Gasteiger partial charge in [0.15, 0.2) is 5.82 Å². The maximum Gasteiger partial charge on any atom is 0.253 e. The highest BCUT2D eigenvalue weighted by Crippen LogP contribution is 2.31. The molecule has 1 aliphatic heterocycles. The number of para-hydroxylation sites is 1. The fraction of sp³-hybridized carbons (Fsp3) is 0.143. The Morgan fingerprint density at radius 3 is 3.00 bits per heavy atom. The molecule has 0 saturated heterocycles. The number of carbonyl (C=O) groups is 1. The van der Waals surface area contributed by atoms with Crippen LogP contribution in [0.2, 0.25) is 5.02 Å². The van der Waals surface area contributed by atoms with Crippen molar-refractivity contribution in [3.8, 4) is 5.75 Å². The number of benzene rings is 1. The Bertz CT molecular complexity index is 692. The zero-order valence-electron chi connectivity index (χ0n) is 11.0. The van der Waals surface area contributed by atoms with E-state index in [9.17, 15) is 4.79 Å². The molecule has 21 heavy (non-hydrogen) atoms. The Kier molecular flexibility index (Phi) is 3.64. The molecule has 0 spiro atoms. The van der Waals surface area contributed by atoms with Gasteiger partial charge < -0.3 is 15.5 Å². The van der Waals surface area contributed by atoms with Gasteiger partial charge in [-0.25, -0.2) is 10.8 Å². The molecule has 1 atom stereocenters. The highest BCUT2D eigenvalue weighted by Gasteiger charge is 2.25. The minimum atomic E-state index is -0.265. The van der Waals surface area contributed by atoms with E-state index in [4.69, 9.17) is 22.2 Å². The summed E-state index contributed by atoms with van der Waals surface area (Å²) in [6.07, 6.45) is 1.41. The number of pyridine rings is 1. The molecule has 0 radical (unpaired) electrons. The number of hydrazine groups is 1. The Labute approximate surface area is 126 Å². The summed E-state index contributed by atoms with van der Waals surface area (Å²) in [5, 5.41) is 3.19. The number of anilines is 1. The summed E-state index contributed by atoms with van der Waals surface area (Å²) in [4.78, 5) is 16.2. The average molecular weight is 305 g/mol. The number of hydrogen-bond donors (Lipinski definition) is 3. The van der Waals surface area contributed by atoms with Crippen LogP contribution in [0.25, 0.3) is 0 Å². The predicted molar refractivity (Wildman–Crippen MR) is 79.2 cm³/mol. The first-order valence-electron chi connectivity index (χ1n) is 6.34. The van der Waals surface area contributed by atoms with Crippen LogP contribution in [-0.2, 0) is 0 Å². The fourth-order valence-corrected chi connectivity index (χ4v) is 2.41. The number of nitrogens with zero attached hydrogens (tertiary/aromatic N) is 1. The van der Waals surface area contributed by atoms with Gasteiger partial charge in [0, 0.05) is 11.8 Å². The third kappa shape index (κ3) is 2.63. The van der Waals surface area contributed by atoms with Crippen molar-refractivity contribution in [3.63, 3.8) is 0 Å². The number of amides is 1. The Balaban J connectivity index is 1.77. The fourth-order valence-electron chi connectivity index (χ4n) is 2.19. The zero-order chi connectivity index (χ0) is 14.8. The van der Waals surface area contributed by atoms with Crippen LogP contribution >= 0.6 is 11.6 Å². The van der Waals surface area contributed by atoms with Gasteiger partial charge in [-0.3, -0.25) is 4.79 Å². The number of halogens is 1. The smallest absolute Gasteiger partial charge is 0.253 e. The van der Waals surface area contributed by atoms with Gasteiger partial charge in [-0.1, -0.05) is 29.8 Å². The molecule has 0 aliphatic carbocycles. The second-order valence-corrected chi connectivity index (χ2v) is 4.98. The minimum Gasteiger partial charge on any atom is -0.491 e. The number of hydrogen-bond acceptors (Lipinski definition) is 5. The average Bonchev–Trinajstić information content (AvgIpc) is 2.90. The van der Waals surface area contributed by atoms with Crippen molar-refractivity contribution in [3.05, 3.63) is 52.7 Å². The molecule has 2 aromatic rings. The van der Waals surface area contributed by atoms with Crippen LogP contribution in [0.4, 0.5) is 5.82 Å². The first-order valence-corrected chi connectivity index (χ1v) is 6.71. The van der Waals surface area contributed by atoms with E-state index in [2.05, 4.69) is 15.7 Å². The van der Waals surface area contributed by atoms with Crippen LogP contribution in [0.5, 0.6) is 5.75 Å². The largest absolute Gasteiger partial charge is 0.491 e. The van der Waals surface area contributed by atoms with Crippen LogP contribution in [0, 0.1) is 0 Å². The zero-order valence-corrected chi connectivity index (χ0v) is 11.7. The van der Waals surface area contributed by atoms with Crippen molar-refractivity contribution >= 4 is 23.3 Å².